The lowest BCUT2D eigenvalue weighted by Gasteiger charge is -2.18. The van der Waals surface area contributed by atoms with E-state index >= 15 is 0 Å². The average Bonchev–Trinajstić information content (AvgIpc) is 2.96. The second-order valence-electron chi connectivity index (χ2n) is 5.62. The highest BCUT2D eigenvalue weighted by molar-refractivity contribution is 5.75. The lowest BCUT2D eigenvalue weighted by atomic mass is 10.1. The molecule has 0 fully saturated rings. The maximum Gasteiger partial charge on any atom is 0.118 e. The Morgan fingerprint density at radius 2 is 1.91 bits per heavy atom. The Morgan fingerprint density at radius 3 is 2.64 bits per heavy atom. The van der Waals surface area contributed by atoms with Crippen LogP contribution in [-0.4, -0.2) is 20.3 Å². The van der Waals surface area contributed by atoms with Crippen LogP contribution in [0.15, 0.2) is 42.5 Å². The molecule has 1 aliphatic rings. The lowest BCUT2D eigenvalue weighted by molar-refractivity contribution is 0.414. The predicted octanol–water partition coefficient (Wildman–Crippen LogP) is 2.98. The highest BCUT2D eigenvalue weighted by Crippen LogP contribution is 2.33. The first-order chi connectivity index (χ1) is 10.8. The van der Waals surface area contributed by atoms with Crippen LogP contribution in [0.25, 0.3) is 0 Å². The molecule has 0 saturated carbocycles. The Labute approximate surface area is 131 Å². The molecule has 0 radical (unpaired) electrons. The van der Waals surface area contributed by atoms with Crippen molar-refractivity contribution >= 4 is 11.4 Å². The van der Waals surface area contributed by atoms with Crippen molar-refractivity contribution < 1.29 is 4.74 Å². The highest BCUT2D eigenvalue weighted by atomic mass is 16.5. The molecule has 0 unspecified atom stereocenters. The van der Waals surface area contributed by atoms with Crippen LogP contribution in [-0.2, 0) is 13.0 Å². The molecule has 0 aromatic heterocycles. The van der Waals surface area contributed by atoms with E-state index in [-0.39, 0.29) is 0 Å². The van der Waals surface area contributed by atoms with E-state index in [9.17, 15) is 0 Å². The Morgan fingerprint density at radius 1 is 1.14 bits per heavy atom. The summed E-state index contributed by atoms with van der Waals surface area (Å²) in [5, 5.41) is 3.48. The van der Waals surface area contributed by atoms with Gasteiger partial charge >= 0.3 is 0 Å². The van der Waals surface area contributed by atoms with Gasteiger partial charge in [-0.1, -0.05) is 18.2 Å². The van der Waals surface area contributed by atoms with E-state index in [2.05, 4.69) is 40.5 Å². The fraction of sp³-hybridized carbons (Fsp3) is 0.333. The Hall–Kier alpha value is -2.20. The molecule has 0 bridgehead atoms. The topological polar surface area (TPSA) is 50.5 Å². The average molecular weight is 297 g/mol. The SMILES string of the molecule is COc1ccc(CN2CNc3cc(CCCN)ccc32)cc1. The number of nitrogens with zero attached hydrogens (tertiary/aromatic N) is 1. The maximum atomic E-state index is 5.59. The van der Waals surface area contributed by atoms with E-state index in [1.54, 1.807) is 7.11 Å². The molecule has 0 saturated heterocycles. The van der Waals surface area contributed by atoms with Gasteiger partial charge in [0.2, 0.25) is 0 Å². The minimum Gasteiger partial charge on any atom is -0.497 e. The van der Waals surface area contributed by atoms with Gasteiger partial charge in [-0.3, -0.25) is 0 Å². The van der Waals surface area contributed by atoms with Crippen LogP contribution in [0.4, 0.5) is 11.4 Å². The van der Waals surface area contributed by atoms with Crippen LogP contribution in [0.5, 0.6) is 5.75 Å². The number of benzene rings is 2. The summed E-state index contributed by atoms with van der Waals surface area (Å²) in [6.45, 7) is 2.49. The molecule has 116 valence electrons. The number of nitrogens with one attached hydrogen (secondary N) is 1. The summed E-state index contributed by atoms with van der Waals surface area (Å²) in [6.07, 6.45) is 2.08. The first-order valence-corrected chi connectivity index (χ1v) is 7.75. The van der Waals surface area contributed by atoms with Crippen LogP contribution < -0.4 is 20.7 Å². The van der Waals surface area contributed by atoms with Crippen molar-refractivity contribution in [2.45, 2.75) is 19.4 Å². The van der Waals surface area contributed by atoms with Crippen LogP contribution in [0.2, 0.25) is 0 Å². The molecule has 0 spiro atoms. The maximum absolute atomic E-state index is 5.59. The van der Waals surface area contributed by atoms with Gasteiger partial charge in [-0.05, 0) is 54.8 Å². The zero-order chi connectivity index (χ0) is 15.4. The molecule has 2 aromatic rings. The fourth-order valence-electron chi connectivity index (χ4n) is 2.82. The van der Waals surface area contributed by atoms with Crippen molar-refractivity contribution in [1.82, 2.24) is 0 Å². The number of methoxy groups -OCH3 is 1. The summed E-state index contributed by atoms with van der Waals surface area (Å²) in [7, 11) is 1.69. The fourth-order valence-corrected chi connectivity index (χ4v) is 2.82. The lowest BCUT2D eigenvalue weighted by Crippen LogP contribution is -2.21. The quantitative estimate of drug-likeness (QED) is 0.860. The summed E-state index contributed by atoms with van der Waals surface area (Å²) in [5.74, 6) is 0.897. The van der Waals surface area contributed by atoms with Gasteiger partial charge in [0.15, 0.2) is 0 Å². The molecule has 4 heteroatoms. The summed E-state index contributed by atoms with van der Waals surface area (Å²) in [5.41, 5.74) is 10.7. The van der Waals surface area contributed by atoms with Gasteiger partial charge in [-0.15, -0.1) is 0 Å². The standard InChI is InChI=1S/C18H23N3O/c1-22-16-7-4-15(5-8-16)12-21-13-20-17-11-14(3-2-10-19)6-9-18(17)21/h4-9,11,20H,2-3,10,12-13,19H2,1H3. The van der Waals surface area contributed by atoms with E-state index < -0.39 is 0 Å². The first-order valence-electron chi connectivity index (χ1n) is 7.75. The van der Waals surface area contributed by atoms with E-state index in [1.807, 2.05) is 12.1 Å². The zero-order valence-corrected chi connectivity index (χ0v) is 13.0. The number of fused-ring (bicyclic) bond motifs is 1. The summed E-state index contributed by atoms with van der Waals surface area (Å²) in [4.78, 5) is 2.35. The molecule has 4 nitrogen and oxygen atoms in total. The molecule has 0 amide bonds. The zero-order valence-electron chi connectivity index (χ0n) is 13.0. The molecule has 22 heavy (non-hydrogen) atoms. The van der Waals surface area contributed by atoms with E-state index in [1.165, 1.54) is 22.5 Å². The van der Waals surface area contributed by atoms with E-state index in [4.69, 9.17) is 10.5 Å². The second-order valence-corrected chi connectivity index (χ2v) is 5.62. The van der Waals surface area contributed by atoms with Gasteiger partial charge in [0.1, 0.15) is 5.75 Å². The monoisotopic (exact) mass is 297 g/mol. The Bertz CT molecular complexity index is 625. The minimum absolute atomic E-state index is 0.744. The number of rotatable bonds is 6. The smallest absolute Gasteiger partial charge is 0.118 e. The van der Waals surface area contributed by atoms with Crippen molar-refractivity contribution in [1.29, 1.82) is 0 Å². The first kappa shape index (κ1) is 14.7. The Kier molecular flexibility index (Phi) is 4.49. The second kappa shape index (κ2) is 6.71. The number of anilines is 2. The van der Waals surface area contributed by atoms with Gasteiger partial charge in [-0.25, -0.2) is 0 Å². The van der Waals surface area contributed by atoms with Crippen molar-refractivity contribution in [3.05, 3.63) is 53.6 Å². The molecule has 3 N–H and O–H groups in total. The van der Waals surface area contributed by atoms with E-state index in [0.717, 1.165) is 38.3 Å². The summed E-state index contributed by atoms with van der Waals surface area (Å²) >= 11 is 0. The predicted molar refractivity (Wildman–Crippen MR) is 91.5 cm³/mol. The number of aryl methyl sites for hydroxylation is 1. The third kappa shape index (κ3) is 3.17. The number of nitrogens with two attached hydrogens (primary N) is 1. The van der Waals surface area contributed by atoms with Gasteiger partial charge in [-0.2, -0.15) is 0 Å². The highest BCUT2D eigenvalue weighted by Gasteiger charge is 2.18. The van der Waals surface area contributed by atoms with Crippen LogP contribution in [0.1, 0.15) is 17.5 Å². The van der Waals surface area contributed by atoms with Gasteiger partial charge in [0.25, 0.3) is 0 Å². The third-order valence-corrected chi connectivity index (χ3v) is 4.06. The van der Waals surface area contributed by atoms with Gasteiger partial charge < -0.3 is 20.7 Å². The van der Waals surface area contributed by atoms with Crippen molar-refractivity contribution in [3.63, 3.8) is 0 Å². The molecule has 3 rings (SSSR count). The Balaban J connectivity index is 1.70. The third-order valence-electron chi connectivity index (χ3n) is 4.06. The van der Waals surface area contributed by atoms with Crippen molar-refractivity contribution in [2.75, 3.05) is 30.5 Å². The van der Waals surface area contributed by atoms with Crippen LogP contribution in [0, 0.1) is 0 Å². The molecular formula is C18H23N3O. The number of hydrogen-bond acceptors (Lipinski definition) is 4. The molecule has 1 heterocycles. The summed E-state index contributed by atoms with van der Waals surface area (Å²) in [6, 6.07) is 14.9. The number of hydrogen-bond donors (Lipinski definition) is 2. The molecule has 0 aliphatic carbocycles. The van der Waals surface area contributed by atoms with Crippen molar-refractivity contribution in [3.8, 4) is 5.75 Å². The van der Waals surface area contributed by atoms with Crippen LogP contribution in [0.3, 0.4) is 0 Å². The van der Waals surface area contributed by atoms with E-state index in [0.29, 0.717) is 0 Å². The molecule has 0 atom stereocenters. The molecule has 2 aromatic carbocycles. The molecular weight excluding hydrogens is 274 g/mol. The van der Waals surface area contributed by atoms with Crippen LogP contribution >= 0.6 is 0 Å². The normalized spacial score (nSPS) is 12.9. The minimum atomic E-state index is 0.744. The van der Waals surface area contributed by atoms with Crippen molar-refractivity contribution in [2.24, 2.45) is 5.73 Å². The molecule has 1 aliphatic heterocycles. The largest absolute Gasteiger partial charge is 0.497 e. The van der Waals surface area contributed by atoms with Gasteiger partial charge in [0.05, 0.1) is 25.2 Å². The van der Waals surface area contributed by atoms with Gasteiger partial charge in [0, 0.05) is 6.54 Å². The number of ether oxygens (including phenoxy) is 1. The summed E-state index contributed by atoms with van der Waals surface area (Å²) < 4.78 is 5.21.